The molecule has 2 aromatic rings. The molecule has 1 N–H and O–H groups in total. The Labute approximate surface area is 149 Å². The number of esters is 1. The van der Waals surface area contributed by atoms with E-state index in [1.54, 1.807) is 24.3 Å². The number of carbonyl (C=O) groups excluding carboxylic acids is 1. The van der Waals surface area contributed by atoms with Gasteiger partial charge in [0.2, 0.25) is 5.60 Å². The molecule has 4 nitrogen and oxygen atoms in total. The number of benzene rings is 2. The van der Waals surface area contributed by atoms with Crippen LogP contribution in [-0.2, 0) is 15.1 Å². The first-order chi connectivity index (χ1) is 12.1. The molecule has 1 aliphatic rings. The van der Waals surface area contributed by atoms with Gasteiger partial charge in [-0.2, -0.15) is 0 Å². The van der Waals surface area contributed by atoms with Crippen molar-refractivity contribution in [2.24, 2.45) is 0 Å². The van der Waals surface area contributed by atoms with Crippen molar-refractivity contribution in [3.8, 4) is 0 Å². The molecule has 1 heterocycles. The fourth-order valence-corrected chi connectivity index (χ4v) is 3.39. The van der Waals surface area contributed by atoms with E-state index in [9.17, 15) is 9.90 Å². The van der Waals surface area contributed by atoms with E-state index in [0.29, 0.717) is 17.7 Å². The molecule has 1 saturated heterocycles. The number of carbonyl (C=O) groups is 1. The van der Waals surface area contributed by atoms with Crippen molar-refractivity contribution < 1.29 is 14.6 Å². The van der Waals surface area contributed by atoms with Gasteiger partial charge in [-0.25, -0.2) is 4.79 Å². The first-order valence-electron chi connectivity index (χ1n) is 8.83. The summed E-state index contributed by atoms with van der Waals surface area (Å²) in [7, 11) is 2.05. The van der Waals surface area contributed by atoms with E-state index in [4.69, 9.17) is 4.74 Å². The average Bonchev–Trinajstić information content (AvgIpc) is 2.68. The molecule has 0 aliphatic carbocycles. The molecule has 4 heteroatoms. The lowest BCUT2D eigenvalue weighted by Gasteiger charge is -2.33. The predicted molar refractivity (Wildman–Crippen MR) is 97.1 cm³/mol. The number of likely N-dealkylation sites (tertiary alicyclic amines) is 1. The Hall–Kier alpha value is -2.17. The molecule has 2 aromatic carbocycles. The Morgan fingerprint density at radius 3 is 2.16 bits per heavy atom. The lowest BCUT2D eigenvalue weighted by molar-refractivity contribution is -0.164. The molecule has 0 spiro atoms. The van der Waals surface area contributed by atoms with Crippen molar-refractivity contribution in [1.29, 1.82) is 0 Å². The third-order valence-corrected chi connectivity index (χ3v) is 5.01. The zero-order chi connectivity index (χ0) is 17.7. The minimum absolute atomic E-state index is 0.216. The molecular weight excluding hydrogens is 314 g/mol. The summed E-state index contributed by atoms with van der Waals surface area (Å²) in [6, 6.07) is 18.2. The molecule has 0 radical (unpaired) electrons. The topological polar surface area (TPSA) is 49.8 Å². The summed E-state index contributed by atoms with van der Waals surface area (Å²) in [6.45, 7) is 1.32. The number of hydrogen-bond donors (Lipinski definition) is 1. The Morgan fingerprint density at radius 2 is 1.64 bits per heavy atom. The van der Waals surface area contributed by atoms with E-state index in [-0.39, 0.29) is 6.04 Å². The minimum Gasteiger partial charge on any atom is -0.461 e. The first-order valence-corrected chi connectivity index (χ1v) is 8.83. The van der Waals surface area contributed by atoms with E-state index in [0.717, 1.165) is 19.4 Å². The number of hydrogen-bond acceptors (Lipinski definition) is 4. The summed E-state index contributed by atoms with van der Waals surface area (Å²) in [6.07, 6.45) is 3.34. The van der Waals surface area contributed by atoms with Crippen molar-refractivity contribution in [2.75, 3.05) is 20.2 Å². The highest BCUT2D eigenvalue weighted by atomic mass is 16.6. The van der Waals surface area contributed by atoms with E-state index in [2.05, 4.69) is 11.9 Å². The van der Waals surface area contributed by atoms with Crippen LogP contribution in [0.5, 0.6) is 0 Å². The molecule has 25 heavy (non-hydrogen) atoms. The molecule has 1 fully saturated rings. The van der Waals surface area contributed by atoms with Gasteiger partial charge in [-0.05, 0) is 37.6 Å². The van der Waals surface area contributed by atoms with Crippen LogP contribution in [0.3, 0.4) is 0 Å². The zero-order valence-electron chi connectivity index (χ0n) is 14.6. The highest BCUT2D eigenvalue weighted by Crippen LogP contribution is 2.31. The lowest BCUT2D eigenvalue weighted by atomic mass is 9.86. The van der Waals surface area contributed by atoms with Crippen LogP contribution in [0, 0.1) is 0 Å². The normalized spacial score (nSPS) is 18.7. The summed E-state index contributed by atoms with van der Waals surface area (Å²) in [5, 5.41) is 11.3. The summed E-state index contributed by atoms with van der Waals surface area (Å²) in [5.74, 6) is -0.621. The van der Waals surface area contributed by atoms with Gasteiger partial charge in [-0.15, -0.1) is 0 Å². The van der Waals surface area contributed by atoms with Crippen molar-refractivity contribution in [1.82, 2.24) is 4.90 Å². The standard InChI is InChI=1S/C21H25NO3/c1-22-15-9-8-14-19(22)16-25-20(23)21(24,17-10-4-2-5-11-17)18-12-6-3-7-13-18/h2-7,10-13,19,24H,8-9,14-16H2,1H3. The van der Waals surface area contributed by atoms with E-state index in [1.165, 1.54) is 6.42 Å². The maximum atomic E-state index is 12.9. The zero-order valence-corrected chi connectivity index (χ0v) is 14.6. The van der Waals surface area contributed by atoms with E-state index < -0.39 is 11.6 Å². The van der Waals surface area contributed by atoms with Crippen molar-refractivity contribution in [3.05, 3.63) is 71.8 Å². The monoisotopic (exact) mass is 339 g/mol. The highest BCUT2D eigenvalue weighted by molar-refractivity contribution is 5.85. The van der Waals surface area contributed by atoms with Crippen molar-refractivity contribution >= 4 is 5.97 Å². The number of likely N-dealkylation sites (N-methyl/N-ethyl adjacent to an activating group) is 1. The molecule has 0 saturated carbocycles. The molecule has 0 amide bonds. The van der Waals surface area contributed by atoms with Crippen LogP contribution in [0.25, 0.3) is 0 Å². The lowest BCUT2D eigenvalue weighted by Crippen LogP contribution is -2.43. The number of piperidine rings is 1. The first kappa shape index (κ1) is 17.6. The van der Waals surface area contributed by atoms with Crippen LogP contribution in [-0.4, -0.2) is 42.2 Å². The molecule has 132 valence electrons. The maximum absolute atomic E-state index is 12.9. The minimum atomic E-state index is -1.80. The smallest absolute Gasteiger partial charge is 0.347 e. The van der Waals surface area contributed by atoms with Gasteiger partial charge >= 0.3 is 5.97 Å². The van der Waals surface area contributed by atoms with Crippen LogP contribution in [0.2, 0.25) is 0 Å². The van der Waals surface area contributed by atoms with Crippen LogP contribution in [0.15, 0.2) is 60.7 Å². The number of aliphatic hydroxyl groups is 1. The summed E-state index contributed by atoms with van der Waals surface area (Å²) in [4.78, 5) is 15.1. The van der Waals surface area contributed by atoms with Gasteiger partial charge in [-0.3, -0.25) is 0 Å². The van der Waals surface area contributed by atoms with Gasteiger partial charge in [0.05, 0.1) is 0 Å². The van der Waals surface area contributed by atoms with Gasteiger partial charge in [-0.1, -0.05) is 67.1 Å². The van der Waals surface area contributed by atoms with Crippen LogP contribution in [0.4, 0.5) is 0 Å². The molecule has 0 aromatic heterocycles. The van der Waals surface area contributed by atoms with E-state index >= 15 is 0 Å². The fraction of sp³-hybridized carbons (Fsp3) is 0.381. The number of nitrogens with zero attached hydrogens (tertiary/aromatic N) is 1. The molecular formula is C21H25NO3. The SMILES string of the molecule is CN1CCCCC1COC(=O)C(O)(c1ccccc1)c1ccccc1. The van der Waals surface area contributed by atoms with Crippen LogP contribution < -0.4 is 0 Å². The van der Waals surface area contributed by atoms with Crippen LogP contribution in [0.1, 0.15) is 30.4 Å². The third-order valence-electron chi connectivity index (χ3n) is 5.01. The summed E-state index contributed by atoms with van der Waals surface area (Å²) < 4.78 is 5.60. The molecule has 1 unspecified atom stereocenters. The fourth-order valence-electron chi connectivity index (χ4n) is 3.39. The van der Waals surface area contributed by atoms with Gasteiger partial charge < -0.3 is 14.7 Å². The Morgan fingerprint density at radius 1 is 1.08 bits per heavy atom. The molecule has 0 bridgehead atoms. The van der Waals surface area contributed by atoms with Crippen LogP contribution >= 0.6 is 0 Å². The summed E-state index contributed by atoms with van der Waals surface area (Å²) >= 11 is 0. The largest absolute Gasteiger partial charge is 0.461 e. The molecule has 1 atom stereocenters. The maximum Gasteiger partial charge on any atom is 0.347 e. The second kappa shape index (κ2) is 7.81. The Bertz CT molecular complexity index is 647. The predicted octanol–water partition coefficient (Wildman–Crippen LogP) is 2.95. The second-order valence-electron chi connectivity index (χ2n) is 6.67. The van der Waals surface area contributed by atoms with Crippen molar-refractivity contribution in [3.63, 3.8) is 0 Å². The summed E-state index contributed by atoms with van der Waals surface area (Å²) in [5.41, 5.74) is -0.762. The highest BCUT2D eigenvalue weighted by Gasteiger charge is 2.42. The van der Waals surface area contributed by atoms with Gasteiger partial charge in [0.25, 0.3) is 0 Å². The van der Waals surface area contributed by atoms with Gasteiger partial charge in [0.1, 0.15) is 6.61 Å². The molecule has 3 rings (SSSR count). The van der Waals surface area contributed by atoms with Gasteiger partial charge in [0, 0.05) is 6.04 Å². The van der Waals surface area contributed by atoms with Crippen molar-refractivity contribution in [2.45, 2.75) is 30.9 Å². The average molecular weight is 339 g/mol. The Kier molecular flexibility index (Phi) is 5.51. The third kappa shape index (κ3) is 3.75. The van der Waals surface area contributed by atoms with E-state index in [1.807, 2.05) is 36.4 Å². The number of ether oxygens (including phenoxy) is 1. The second-order valence-corrected chi connectivity index (χ2v) is 6.67. The van der Waals surface area contributed by atoms with Gasteiger partial charge in [0.15, 0.2) is 0 Å². The quantitative estimate of drug-likeness (QED) is 0.851. The number of rotatable bonds is 5. The molecule has 1 aliphatic heterocycles. The Balaban J connectivity index is 1.83.